The molecule has 0 radical (unpaired) electrons. The van der Waals surface area contributed by atoms with Crippen LogP contribution in [0.3, 0.4) is 0 Å². The van der Waals surface area contributed by atoms with Crippen molar-refractivity contribution in [3.63, 3.8) is 0 Å². The summed E-state index contributed by atoms with van der Waals surface area (Å²) in [6, 6.07) is -1.19. The van der Waals surface area contributed by atoms with E-state index in [9.17, 15) is 4.79 Å². The van der Waals surface area contributed by atoms with Crippen molar-refractivity contribution in [1.29, 1.82) is 0 Å². The largest absolute Gasteiger partial charge is 0.391 e. The second kappa shape index (κ2) is 3.50. The Balaban J connectivity index is 3.94. The van der Waals surface area contributed by atoms with E-state index in [1.807, 2.05) is 0 Å². The summed E-state index contributed by atoms with van der Waals surface area (Å²) in [5.74, 6) is -0.826. The molecule has 6 N–H and O–H groups in total. The molecular weight excluding hydrogens is 136 g/mol. The first-order valence-electron chi connectivity index (χ1n) is 2.88. The minimum Gasteiger partial charge on any atom is -0.391 e. The predicted octanol–water partition coefficient (Wildman–Crippen LogP) is -2.46. The molecule has 0 aliphatic carbocycles. The number of hydrogen-bond acceptors (Lipinski definition) is 4. The van der Waals surface area contributed by atoms with E-state index < -0.39 is 24.2 Å². The molecule has 0 aromatic heterocycles. The summed E-state index contributed by atoms with van der Waals surface area (Å²) < 4.78 is 0. The minimum atomic E-state index is -1.28. The van der Waals surface area contributed by atoms with Gasteiger partial charge >= 0.3 is 0 Å². The topological polar surface area (TPSA) is 110 Å². The number of carbonyl (C=O) groups excluding carboxylic acids is 1. The van der Waals surface area contributed by atoms with Crippen molar-refractivity contribution in [2.45, 2.75) is 25.2 Å². The maximum absolute atomic E-state index is 10.3. The maximum Gasteiger partial charge on any atom is 0.237 e. The van der Waals surface area contributed by atoms with Crippen molar-refractivity contribution in [1.82, 2.24) is 0 Å². The van der Waals surface area contributed by atoms with Crippen LogP contribution < -0.4 is 11.5 Å². The van der Waals surface area contributed by atoms with Gasteiger partial charge < -0.3 is 21.7 Å². The predicted molar refractivity (Wildman–Crippen MR) is 34.9 cm³/mol. The highest BCUT2D eigenvalue weighted by atomic mass is 16.3. The van der Waals surface area contributed by atoms with Gasteiger partial charge in [-0.1, -0.05) is 0 Å². The van der Waals surface area contributed by atoms with Crippen molar-refractivity contribution >= 4 is 5.91 Å². The monoisotopic (exact) mass is 148 g/mol. The second-order valence-corrected chi connectivity index (χ2v) is 2.16. The third-order valence-corrected chi connectivity index (χ3v) is 1.19. The SMILES string of the molecule is CC(O)C(O)C(N)C(N)=O. The van der Waals surface area contributed by atoms with Crippen LogP contribution in [0, 0.1) is 0 Å². The molecule has 0 rings (SSSR count). The Morgan fingerprint density at radius 3 is 2.00 bits per heavy atom. The number of carbonyl (C=O) groups is 1. The molecular formula is C5H12N2O3. The number of aliphatic hydroxyl groups is 2. The number of aliphatic hydroxyl groups excluding tert-OH is 2. The smallest absolute Gasteiger partial charge is 0.237 e. The molecule has 0 aromatic rings. The Hall–Kier alpha value is -0.650. The van der Waals surface area contributed by atoms with Crippen LogP contribution >= 0.6 is 0 Å². The van der Waals surface area contributed by atoms with Gasteiger partial charge in [-0.05, 0) is 6.92 Å². The van der Waals surface area contributed by atoms with Crippen LogP contribution in [-0.4, -0.2) is 34.4 Å². The Kier molecular flexibility index (Phi) is 3.27. The number of primary amides is 1. The van der Waals surface area contributed by atoms with E-state index in [1.165, 1.54) is 6.92 Å². The zero-order chi connectivity index (χ0) is 8.31. The lowest BCUT2D eigenvalue weighted by molar-refractivity contribution is -0.123. The van der Waals surface area contributed by atoms with Crippen LogP contribution in [0.15, 0.2) is 0 Å². The summed E-state index contributed by atoms with van der Waals surface area (Å²) in [5, 5.41) is 17.6. The fraction of sp³-hybridized carbons (Fsp3) is 0.800. The van der Waals surface area contributed by atoms with Gasteiger partial charge in [0.25, 0.3) is 0 Å². The van der Waals surface area contributed by atoms with E-state index in [-0.39, 0.29) is 0 Å². The van der Waals surface area contributed by atoms with E-state index in [0.717, 1.165) is 0 Å². The molecule has 0 saturated carbocycles. The van der Waals surface area contributed by atoms with Gasteiger partial charge in [-0.25, -0.2) is 0 Å². The molecule has 1 amide bonds. The van der Waals surface area contributed by atoms with E-state index in [4.69, 9.17) is 21.7 Å². The zero-order valence-corrected chi connectivity index (χ0v) is 5.69. The molecule has 3 unspecified atom stereocenters. The van der Waals surface area contributed by atoms with Crippen LogP contribution in [0.1, 0.15) is 6.92 Å². The molecule has 0 bridgehead atoms. The number of rotatable bonds is 3. The Morgan fingerprint density at radius 1 is 1.50 bits per heavy atom. The fourth-order valence-corrected chi connectivity index (χ4v) is 0.468. The summed E-state index contributed by atoms with van der Waals surface area (Å²) in [6.07, 6.45) is -2.32. The van der Waals surface area contributed by atoms with Gasteiger partial charge in [0, 0.05) is 0 Å². The lowest BCUT2D eigenvalue weighted by atomic mass is 10.1. The highest BCUT2D eigenvalue weighted by Crippen LogP contribution is 1.95. The molecule has 0 spiro atoms. The fourth-order valence-electron chi connectivity index (χ4n) is 0.468. The lowest BCUT2D eigenvalue weighted by Gasteiger charge is -2.17. The Morgan fingerprint density at radius 2 is 1.90 bits per heavy atom. The summed E-state index contributed by atoms with van der Waals surface area (Å²) in [6.45, 7) is 1.33. The molecule has 0 aliphatic rings. The van der Waals surface area contributed by atoms with Gasteiger partial charge in [0.05, 0.1) is 6.10 Å². The van der Waals surface area contributed by atoms with E-state index in [2.05, 4.69) is 0 Å². The van der Waals surface area contributed by atoms with Crippen molar-refractivity contribution in [2.24, 2.45) is 11.5 Å². The maximum atomic E-state index is 10.3. The molecule has 0 fully saturated rings. The number of amides is 1. The Labute approximate surface area is 58.6 Å². The van der Waals surface area contributed by atoms with Gasteiger partial charge in [0.2, 0.25) is 5.91 Å². The summed E-state index contributed by atoms with van der Waals surface area (Å²) in [7, 11) is 0. The van der Waals surface area contributed by atoms with Gasteiger partial charge in [-0.15, -0.1) is 0 Å². The van der Waals surface area contributed by atoms with Crippen LogP contribution in [0.25, 0.3) is 0 Å². The molecule has 5 nitrogen and oxygen atoms in total. The first kappa shape index (κ1) is 9.35. The zero-order valence-electron chi connectivity index (χ0n) is 5.69. The molecule has 5 heteroatoms. The van der Waals surface area contributed by atoms with Crippen molar-refractivity contribution in [3.8, 4) is 0 Å². The van der Waals surface area contributed by atoms with E-state index >= 15 is 0 Å². The second-order valence-electron chi connectivity index (χ2n) is 2.16. The van der Waals surface area contributed by atoms with Crippen molar-refractivity contribution in [2.75, 3.05) is 0 Å². The quantitative estimate of drug-likeness (QED) is 0.356. The lowest BCUT2D eigenvalue weighted by Crippen LogP contribution is -2.50. The standard InChI is InChI=1S/C5H12N2O3/c1-2(8)4(9)3(6)5(7)10/h2-4,8-9H,6H2,1H3,(H2,7,10). The van der Waals surface area contributed by atoms with Crippen LogP contribution in [0.5, 0.6) is 0 Å². The van der Waals surface area contributed by atoms with E-state index in [1.54, 1.807) is 0 Å². The van der Waals surface area contributed by atoms with Crippen molar-refractivity contribution < 1.29 is 15.0 Å². The molecule has 10 heavy (non-hydrogen) atoms. The Bertz CT molecular complexity index is 126. The van der Waals surface area contributed by atoms with Crippen LogP contribution in [0.4, 0.5) is 0 Å². The minimum absolute atomic E-state index is 0.826. The average molecular weight is 148 g/mol. The molecule has 0 heterocycles. The van der Waals surface area contributed by atoms with Crippen molar-refractivity contribution in [3.05, 3.63) is 0 Å². The first-order chi connectivity index (χ1) is 4.46. The van der Waals surface area contributed by atoms with Gasteiger partial charge in [0.1, 0.15) is 12.1 Å². The molecule has 0 aliphatic heterocycles. The molecule has 60 valence electrons. The highest BCUT2D eigenvalue weighted by Gasteiger charge is 2.23. The third kappa shape index (κ3) is 2.30. The summed E-state index contributed by atoms with van der Waals surface area (Å²) in [4.78, 5) is 10.3. The third-order valence-electron chi connectivity index (χ3n) is 1.19. The first-order valence-corrected chi connectivity index (χ1v) is 2.88. The van der Waals surface area contributed by atoms with E-state index in [0.29, 0.717) is 0 Å². The number of hydrogen-bond donors (Lipinski definition) is 4. The average Bonchev–Trinajstić information content (AvgIpc) is 1.84. The highest BCUT2D eigenvalue weighted by molar-refractivity contribution is 5.80. The normalized spacial score (nSPS) is 19.6. The van der Waals surface area contributed by atoms with Gasteiger partial charge in [0.15, 0.2) is 0 Å². The number of nitrogens with two attached hydrogens (primary N) is 2. The van der Waals surface area contributed by atoms with Crippen LogP contribution in [-0.2, 0) is 4.79 Å². The summed E-state index contributed by atoms with van der Waals surface area (Å²) in [5.41, 5.74) is 9.82. The molecule has 0 saturated heterocycles. The molecule has 3 atom stereocenters. The molecule has 0 aromatic carbocycles. The van der Waals surface area contributed by atoms with Gasteiger partial charge in [-0.2, -0.15) is 0 Å². The summed E-state index contributed by atoms with van der Waals surface area (Å²) >= 11 is 0. The van der Waals surface area contributed by atoms with Gasteiger partial charge in [-0.3, -0.25) is 4.79 Å². The van der Waals surface area contributed by atoms with Crippen LogP contribution in [0.2, 0.25) is 0 Å².